The lowest BCUT2D eigenvalue weighted by atomic mass is 9.95. The zero-order valence-electron chi connectivity index (χ0n) is 12.8. The lowest BCUT2D eigenvalue weighted by Gasteiger charge is -2.19. The molecule has 0 radical (unpaired) electrons. The lowest BCUT2D eigenvalue weighted by Crippen LogP contribution is -2.18. The Morgan fingerprint density at radius 3 is 2.73 bits per heavy atom. The van der Waals surface area contributed by atoms with Gasteiger partial charge in [-0.1, -0.05) is 26.8 Å². The van der Waals surface area contributed by atoms with Gasteiger partial charge in [-0.15, -0.1) is 0 Å². The first kappa shape index (κ1) is 15.1. The van der Waals surface area contributed by atoms with E-state index < -0.39 is 10.8 Å². The normalized spacial score (nSPS) is 17.4. The van der Waals surface area contributed by atoms with Crippen LogP contribution in [0.1, 0.15) is 32.3 Å². The Hall–Kier alpha value is -1.82. The number of hydrogen-bond donors (Lipinski definition) is 1. The molecule has 0 amide bonds. The summed E-state index contributed by atoms with van der Waals surface area (Å²) in [6, 6.07) is 6.16. The van der Waals surface area contributed by atoms with Crippen molar-refractivity contribution in [2.75, 3.05) is 11.1 Å². The highest BCUT2D eigenvalue weighted by Crippen LogP contribution is 2.32. The van der Waals surface area contributed by atoms with E-state index in [4.69, 9.17) is 0 Å². The second kappa shape index (κ2) is 5.43. The van der Waals surface area contributed by atoms with Crippen LogP contribution >= 0.6 is 0 Å². The highest BCUT2D eigenvalue weighted by molar-refractivity contribution is 7.85. The van der Waals surface area contributed by atoms with Crippen molar-refractivity contribution in [2.45, 2.75) is 37.5 Å². The molecule has 0 saturated heterocycles. The van der Waals surface area contributed by atoms with Crippen LogP contribution in [-0.4, -0.2) is 19.9 Å². The summed E-state index contributed by atoms with van der Waals surface area (Å²) < 4.78 is 25.6. The molecular formula is C16H18FN3OS. The van der Waals surface area contributed by atoms with Gasteiger partial charge in [-0.05, 0) is 18.2 Å². The van der Waals surface area contributed by atoms with Crippen LogP contribution in [0.25, 0.3) is 0 Å². The zero-order chi connectivity index (χ0) is 15.9. The van der Waals surface area contributed by atoms with Crippen molar-refractivity contribution in [1.29, 1.82) is 0 Å². The summed E-state index contributed by atoms with van der Waals surface area (Å²) in [4.78, 5) is 9.78. The minimum Gasteiger partial charge on any atom is -0.339 e. The van der Waals surface area contributed by atoms with Crippen LogP contribution < -0.4 is 5.32 Å². The molecule has 0 aliphatic carbocycles. The molecule has 116 valence electrons. The first-order valence-electron chi connectivity index (χ1n) is 7.17. The van der Waals surface area contributed by atoms with Gasteiger partial charge in [0.1, 0.15) is 16.5 Å². The SMILES string of the molecule is CC(C)(C)c1nc2c(c(Nc3cccc(F)c3)n1)S(=O)CC2. The van der Waals surface area contributed by atoms with Crippen LogP contribution in [0.2, 0.25) is 0 Å². The van der Waals surface area contributed by atoms with Crippen molar-refractivity contribution in [3.8, 4) is 0 Å². The number of anilines is 2. The maximum Gasteiger partial charge on any atom is 0.150 e. The van der Waals surface area contributed by atoms with Gasteiger partial charge in [0.25, 0.3) is 0 Å². The monoisotopic (exact) mass is 319 g/mol. The fourth-order valence-electron chi connectivity index (χ4n) is 2.32. The average Bonchev–Trinajstić information content (AvgIpc) is 2.80. The third-order valence-electron chi connectivity index (χ3n) is 3.45. The number of nitrogens with one attached hydrogen (secondary N) is 1. The highest BCUT2D eigenvalue weighted by atomic mass is 32.2. The van der Waals surface area contributed by atoms with Gasteiger partial charge in [0.05, 0.1) is 16.5 Å². The Morgan fingerprint density at radius 2 is 2.05 bits per heavy atom. The van der Waals surface area contributed by atoms with E-state index in [2.05, 4.69) is 15.3 Å². The molecule has 2 heterocycles. The molecule has 0 fully saturated rings. The number of fused-ring (bicyclic) bond motifs is 1. The molecule has 0 bridgehead atoms. The average molecular weight is 319 g/mol. The zero-order valence-corrected chi connectivity index (χ0v) is 13.6. The summed E-state index contributed by atoms with van der Waals surface area (Å²) in [5, 5.41) is 3.10. The summed E-state index contributed by atoms with van der Waals surface area (Å²) in [6.45, 7) is 6.10. The van der Waals surface area contributed by atoms with Crippen LogP contribution in [0.4, 0.5) is 15.9 Å². The van der Waals surface area contributed by atoms with Crippen LogP contribution in [0.15, 0.2) is 29.2 Å². The Bertz CT molecular complexity index is 756. The van der Waals surface area contributed by atoms with Crippen molar-refractivity contribution in [2.24, 2.45) is 0 Å². The van der Waals surface area contributed by atoms with Crippen LogP contribution in [0.3, 0.4) is 0 Å². The number of hydrogen-bond acceptors (Lipinski definition) is 4. The molecule has 1 aromatic carbocycles. The number of benzene rings is 1. The van der Waals surface area contributed by atoms with Crippen molar-refractivity contribution >= 4 is 22.3 Å². The van der Waals surface area contributed by atoms with E-state index in [0.29, 0.717) is 34.4 Å². The van der Waals surface area contributed by atoms with E-state index >= 15 is 0 Å². The first-order chi connectivity index (χ1) is 10.3. The number of aromatic nitrogens is 2. The maximum atomic E-state index is 13.4. The quantitative estimate of drug-likeness (QED) is 0.922. The molecule has 22 heavy (non-hydrogen) atoms. The molecule has 1 aliphatic rings. The molecule has 3 rings (SSSR count). The molecule has 0 spiro atoms. The fourth-order valence-corrected chi connectivity index (χ4v) is 3.63. The smallest absolute Gasteiger partial charge is 0.150 e. The van der Waals surface area contributed by atoms with Crippen molar-refractivity contribution < 1.29 is 8.60 Å². The van der Waals surface area contributed by atoms with Gasteiger partial charge in [-0.2, -0.15) is 0 Å². The van der Waals surface area contributed by atoms with Gasteiger partial charge in [-0.3, -0.25) is 4.21 Å². The predicted molar refractivity (Wildman–Crippen MR) is 85.4 cm³/mol. The molecular weight excluding hydrogens is 301 g/mol. The Kier molecular flexibility index (Phi) is 3.72. The third kappa shape index (κ3) is 2.88. The topological polar surface area (TPSA) is 54.9 Å². The van der Waals surface area contributed by atoms with E-state index in [-0.39, 0.29) is 11.2 Å². The molecule has 2 aromatic rings. The predicted octanol–water partition coefficient (Wildman–Crippen LogP) is 3.32. The van der Waals surface area contributed by atoms with Gasteiger partial charge in [-0.25, -0.2) is 14.4 Å². The number of nitrogens with zero attached hydrogens (tertiary/aromatic N) is 2. The van der Waals surface area contributed by atoms with Crippen LogP contribution in [-0.2, 0) is 22.6 Å². The second-order valence-corrected chi connectivity index (χ2v) is 7.86. The minimum absolute atomic E-state index is 0.211. The van der Waals surface area contributed by atoms with Crippen molar-refractivity contribution in [3.63, 3.8) is 0 Å². The molecule has 1 unspecified atom stereocenters. The van der Waals surface area contributed by atoms with E-state index in [1.54, 1.807) is 12.1 Å². The maximum absolute atomic E-state index is 13.4. The molecule has 1 atom stereocenters. The van der Waals surface area contributed by atoms with Crippen molar-refractivity contribution in [3.05, 3.63) is 41.6 Å². The summed E-state index contributed by atoms with van der Waals surface area (Å²) in [5.41, 5.74) is 1.21. The van der Waals surface area contributed by atoms with Gasteiger partial charge in [0, 0.05) is 23.3 Å². The Morgan fingerprint density at radius 1 is 1.27 bits per heavy atom. The summed E-state index contributed by atoms with van der Waals surface area (Å²) in [5.74, 6) is 1.46. The number of halogens is 1. The van der Waals surface area contributed by atoms with Gasteiger partial charge >= 0.3 is 0 Å². The molecule has 1 N–H and O–H groups in total. The number of rotatable bonds is 2. The van der Waals surface area contributed by atoms with E-state index in [9.17, 15) is 8.60 Å². The fraction of sp³-hybridized carbons (Fsp3) is 0.375. The molecule has 6 heteroatoms. The highest BCUT2D eigenvalue weighted by Gasteiger charge is 2.29. The van der Waals surface area contributed by atoms with Crippen molar-refractivity contribution in [1.82, 2.24) is 9.97 Å². The number of aryl methyl sites for hydroxylation is 1. The first-order valence-corrected chi connectivity index (χ1v) is 8.49. The lowest BCUT2D eigenvalue weighted by molar-refractivity contribution is 0.540. The van der Waals surface area contributed by atoms with E-state index in [1.165, 1.54) is 12.1 Å². The molecule has 1 aromatic heterocycles. The molecule has 0 saturated carbocycles. The molecule has 4 nitrogen and oxygen atoms in total. The largest absolute Gasteiger partial charge is 0.339 e. The Balaban J connectivity index is 2.09. The summed E-state index contributed by atoms with van der Waals surface area (Å²) in [6.07, 6.45) is 0.686. The van der Waals surface area contributed by atoms with Crippen LogP contribution in [0, 0.1) is 5.82 Å². The van der Waals surface area contributed by atoms with E-state index in [0.717, 1.165) is 5.69 Å². The Labute approximate surface area is 131 Å². The summed E-state index contributed by atoms with van der Waals surface area (Å²) >= 11 is 0. The molecule has 1 aliphatic heterocycles. The minimum atomic E-state index is -1.10. The van der Waals surface area contributed by atoms with Gasteiger partial charge < -0.3 is 5.32 Å². The second-order valence-electron chi connectivity index (χ2n) is 6.36. The van der Waals surface area contributed by atoms with E-state index in [1.807, 2.05) is 20.8 Å². The standard InChI is InChI=1S/C16H18FN3OS/c1-16(2,3)15-19-12-7-8-22(21)13(12)14(20-15)18-11-6-4-5-10(17)9-11/h4-6,9H,7-8H2,1-3H3,(H,18,19,20). The summed E-state index contributed by atoms with van der Waals surface area (Å²) in [7, 11) is -1.10. The van der Waals surface area contributed by atoms with Gasteiger partial charge in [0.2, 0.25) is 0 Å². The van der Waals surface area contributed by atoms with Gasteiger partial charge in [0.15, 0.2) is 5.82 Å². The third-order valence-corrected chi connectivity index (χ3v) is 4.91. The van der Waals surface area contributed by atoms with Crippen LogP contribution in [0.5, 0.6) is 0 Å².